The van der Waals surface area contributed by atoms with Crippen LogP contribution in [0.4, 0.5) is 13.2 Å². The summed E-state index contributed by atoms with van der Waals surface area (Å²) in [5.74, 6) is -0.742. The summed E-state index contributed by atoms with van der Waals surface area (Å²) >= 11 is 0. The number of alkyl halides is 3. The van der Waals surface area contributed by atoms with Gasteiger partial charge in [0.15, 0.2) is 9.84 Å². The molecule has 9 heteroatoms. The number of carbonyl (C=O) groups is 1. The molecule has 0 N–H and O–H groups in total. The Morgan fingerprint density at radius 2 is 1.79 bits per heavy atom. The molecule has 1 heterocycles. The lowest BCUT2D eigenvalue weighted by molar-refractivity contribution is -0.274. The second-order valence-electron chi connectivity index (χ2n) is 6.13. The Morgan fingerprint density at radius 3 is 2.25 bits per heavy atom. The Balaban J connectivity index is 1.95. The summed E-state index contributed by atoms with van der Waals surface area (Å²) in [4.78, 5) is 13.5. The van der Waals surface area contributed by atoms with Crippen LogP contribution in [0.5, 0.6) is 5.75 Å². The monoisotopic (exact) mass is 365 g/mol. The number of rotatable bonds is 5. The molecule has 0 aliphatic carbocycles. The predicted molar refractivity (Wildman–Crippen MR) is 81.4 cm³/mol. The van der Waals surface area contributed by atoms with Crippen LogP contribution in [-0.2, 0) is 9.84 Å². The molecule has 0 radical (unpaired) electrons. The summed E-state index contributed by atoms with van der Waals surface area (Å²) in [5, 5.41) is -0.573. The fourth-order valence-corrected chi connectivity index (χ4v) is 4.43. The maximum Gasteiger partial charge on any atom is 0.573 e. The summed E-state index contributed by atoms with van der Waals surface area (Å²) in [7, 11) is -3.24. The van der Waals surface area contributed by atoms with Gasteiger partial charge in [0.1, 0.15) is 5.75 Å². The topological polar surface area (TPSA) is 63.7 Å². The number of halogens is 3. The zero-order valence-electron chi connectivity index (χ0n) is 13.2. The fraction of sp³-hybridized carbons (Fsp3) is 0.533. The number of amides is 1. The van der Waals surface area contributed by atoms with E-state index in [2.05, 4.69) is 4.74 Å². The minimum absolute atomic E-state index is 0.0147. The van der Waals surface area contributed by atoms with Gasteiger partial charge in [0, 0.05) is 18.7 Å². The van der Waals surface area contributed by atoms with Crippen LogP contribution in [0, 0.1) is 5.92 Å². The second kappa shape index (κ2) is 6.62. The SMILES string of the molecule is CC(C)CS(=O)(=O)C1CN(C(=O)c2ccc(OC(F)(F)F)cc2)C1. The summed E-state index contributed by atoms with van der Waals surface area (Å²) in [6, 6.07) is 4.54. The van der Waals surface area contributed by atoms with Crippen LogP contribution in [0.25, 0.3) is 0 Å². The number of hydrogen-bond donors (Lipinski definition) is 0. The van der Waals surface area contributed by atoms with E-state index >= 15 is 0 Å². The van der Waals surface area contributed by atoms with Crippen LogP contribution in [-0.4, -0.2) is 49.7 Å². The van der Waals surface area contributed by atoms with E-state index in [1.807, 2.05) is 13.8 Å². The van der Waals surface area contributed by atoms with Gasteiger partial charge >= 0.3 is 6.36 Å². The fourth-order valence-electron chi connectivity index (χ4n) is 2.41. The molecular weight excluding hydrogens is 347 g/mol. The van der Waals surface area contributed by atoms with Gasteiger partial charge in [-0.2, -0.15) is 0 Å². The van der Waals surface area contributed by atoms with Gasteiger partial charge in [0.2, 0.25) is 0 Å². The number of hydrogen-bond acceptors (Lipinski definition) is 4. The third-order valence-electron chi connectivity index (χ3n) is 3.54. The molecule has 1 aromatic carbocycles. The van der Waals surface area contributed by atoms with Crippen LogP contribution in [0.15, 0.2) is 24.3 Å². The highest BCUT2D eigenvalue weighted by atomic mass is 32.2. The zero-order valence-corrected chi connectivity index (χ0v) is 14.0. The molecule has 1 aliphatic heterocycles. The van der Waals surface area contributed by atoms with Crippen molar-refractivity contribution in [2.45, 2.75) is 25.5 Å². The zero-order chi connectivity index (χ0) is 18.1. The summed E-state index contributed by atoms with van der Waals surface area (Å²) in [6.07, 6.45) is -4.79. The van der Waals surface area contributed by atoms with Gasteiger partial charge in [0.25, 0.3) is 5.91 Å². The van der Waals surface area contributed by atoms with Gasteiger partial charge in [0.05, 0.1) is 11.0 Å². The van der Waals surface area contributed by atoms with Crippen molar-refractivity contribution < 1.29 is 31.1 Å². The molecule has 1 aromatic rings. The molecule has 0 atom stereocenters. The average Bonchev–Trinajstić information content (AvgIpc) is 2.33. The Kier molecular flexibility index (Phi) is 5.12. The van der Waals surface area contributed by atoms with Crippen LogP contribution in [0.2, 0.25) is 0 Å². The van der Waals surface area contributed by atoms with Crippen LogP contribution < -0.4 is 4.74 Å². The highest BCUT2D eigenvalue weighted by Gasteiger charge is 2.40. The van der Waals surface area contributed by atoms with E-state index in [1.165, 1.54) is 17.0 Å². The minimum Gasteiger partial charge on any atom is -0.406 e. The number of carbonyl (C=O) groups excluding carboxylic acids is 1. The van der Waals surface area contributed by atoms with Crippen molar-refractivity contribution in [1.29, 1.82) is 0 Å². The predicted octanol–water partition coefficient (Wildman–Crippen LogP) is 2.48. The van der Waals surface area contributed by atoms with E-state index in [4.69, 9.17) is 0 Å². The summed E-state index contributed by atoms with van der Waals surface area (Å²) in [6.45, 7) is 3.83. The molecule has 0 bridgehead atoms. The van der Waals surface area contributed by atoms with Crippen molar-refractivity contribution in [3.05, 3.63) is 29.8 Å². The first-order chi connectivity index (χ1) is 11.0. The van der Waals surface area contributed by atoms with Gasteiger partial charge in [-0.1, -0.05) is 13.8 Å². The van der Waals surface area contributed by atoms with Gasteiger partial charge in [-0.3, -0.25) is 4.79 Å². The standard InChI is InChI=1S/C15H18F3NO4S/c1-10(2)9-24(21,22)13-7-19(8-13)14(20)11-3-5-12(6-4-11)23-15(16,17)18/h3-6,10,13H,7-9H2,1-2H3. The quantitative estimate of drug-likeness (QED) is 0.804. The van der Waals surface area contributed by atoms with E-state index in [0.29, 0.717) is 0 Å². The number of nitrogens with zero attached hydrogens (tertiary/aromatic N) is 1. The van der Waals surface area contributed by atoms with Crippen molar-refractivity contribution in [2.75, 3.05) is 18.8 Å². The normalized spacial score (nSPS) is 16.2. The molecule has 24 heavy (non-hydrogen) atoms. The first kappa shape index (κ1) is 18.6. The molecular formula is C15H18F3NO4S. The lowest BCUT2D eigenvalue weighted by atomic mass is 10.1. The lowest BCUT2D eigenvalue weighted by Gasteiger charge is -2.39. The summed E-state index contributed by atoms with van der Waals surface area (Å²) < 4.78 is 64.1. The number of likely N-dealkylation sites (tertiary alicyclic amines) is 1. The molecule has 0 spiro atoms. The van der Waals surface area contributed by atoms with Crippen LogP contribution >= 0.6 is 0 Å². The molecule has 134 valence electrons. The van der Waals surface area contributed by atoms with Crippen molar-refractivity contribution in [3.8, 4) is 5.75 Å². The molecule has 0 saturated carbocycles. The van der Waals surface area contributed by atoms with E-state index in [0.717, 1.165) is 12.1 Å². The molecule has 0 unspecified atom stereocenters. The van der Waals surface area contributed by atoms with Gasteiger partial charge in [-0.05, 0) is 30.2 Å². The van der Waals surface area contributed by atoms with Crippen LogP contribution in [0.3, 0.4) is 0 Å². The summed E-state index contributed by atoms with van der Waals surface area (Å²) in [5.41, 5.74) is 0.184. The van der Waals surface area contributed by atoms with Crippen LogP contribution in [0.1, 0.15) is 24.2 Å². The Bertz CT molecular complexity index is 692. The van der Waals surface area contributed by atoms with E-state index in [-0.39, 0.29) is 30.3 Å². The number of benzene rings is 1. The molecule has 1 amide bonds. The first-order valence-corrected chi connectivity index (χ1v) is 9.06. The molecule has 1 fully saturated rings. The Labute approximate surface area is 138 Å². The second-order valence-corrected chi connectivity index (χ2v) is 8.45. The number of sulfone groups is 1. The maximum atomic E-state index is 12.2. The van der Waals surface area contributed by atoms with E-state index < -0.39 is 33.1 Å². The maximum absolute atomic E-state index is 12.2. The van der Waals surface area contributed by atoms with E-state index in [9.17, 15) is 26.4 Å². The van der Waals surface area contributed by atoms with Gasteiger partial charge in [-0.15, -0.1) is 13.2 Å². The van der Waals surface area contributed by atoms with Crippen molar-refractivity contribution >= 4 is 15.7 Å². The number of ether oxygens (including phenoxy) is 1. The molecule has 1 aliphatic rings. The lowest BCUT2D eigenvalue weighted by Crippen LogP contribution is -2.57. The smallest absolute Gasteiger partial charge is 0.406 e. The largest absolute Gasteiger partial charge is 0.573 e. The van der Waals surface area contributed by atoms with Crippen molar-refractivity contribution in [2.24, 2.45) is 5.92 Å². The molecule has 0 aromatic heterocycles. The van der Waals surface area contributed by atoms with Crippen molar-refractivity contribution in [3.63, 3.8) is 0 Å². The third kappa shape index (κ3) is 4.62. The minimum atomic E-state index is -4.79. The Morgan fingerprint density at radius 1 is 1.25 bits per heavy atom. The highest BCUT2D eigenvalue weighted by Crippen LogP contribution is 2.25. The van der Waals surface area contributed by atoms with Gasteiger partial charge in [-0.25, -0.2) is 8.42 Å². The molecule has 5 nitrogen and oxygen atoms in total. The first-order valence-electron chi connectivity index (χ1n) is 7.34. The van der Waals surface area contributed by atoms with Crippen molar-refractivity contribution in [1.82, 2.24) is 4.90 Å². The molecule has 1 saturated heterocycles. The van der Waals surface area contributed by atoms with E-state index in [1.54, 1.807) is 0 Å². The highest BCUT2D eigenvalue weighted by molar-refractivity contribution is 7.92. The Hall–Kier alpha value is -1.77. The molecule has 2 rings (SSSR count). The average molecular weight is 365 g/mol. The van der Waals surface area contributed by atoms with Gasteiger partial charge < -0.3 is 9.64 Å². The third-order valence-corrected chi connectivity index (χ3v) is 5.99.